The Balaban J connectivity index is 3.01. The first-order valence-electron chi connectivity index (χ1n) is 5.77. The number of sulfonamides is 1. The third-order valence-corrected chi connectivity index (χ3v) is 4.85. The number of aryl methyl sites for hydroxylation is 1. The van der Waals surface area contributed by atoms with Crippen LogP contribution < -0.4 is 10.5 Å². The standard InChI is InChI=1S/C12H18N2O2S2/c1-3-6-10-7-4-5-8-11(10)14-18(15,16)9(2)12(13)17/h4-5,7-9,14H,3,6H2,1-2H3,(H2,13,17). The molecule has 4 nitrogen and oxygen atoms in total. The number of nitrogens with one attached hydrogen (secondary N) is 1. The molecule has 100 valence electrons. The van der Waals surface area contributed by atoms with E-state index in [1.165, 1.54) is 6.92 Å². The van der Waals surface area contributed by atoms with E-state index in [0.717, 1.165) is 18.4 Å². The number of para-hydroxylation sites is 1. The summed E-state index contributed by atoms with van der Waals surface area (Å²) in [5.41, 5.74) is 6.96. The molecule has 0 radical (unpaired) electrons. The van der Waals surface area contributed by atoms with E-state index in [1.807, 2.05) is 19.1 Å². The molecule has 0 aliphatic carbocycles. The normalized spacial score (nSPS) is 13.0. The maximum atomic E-state index is 12.0. The van der Waals surface area contributed by atoms with Crippen LogP contribution in [0, 0.1) is 0 Å². The Hall–Kier alpha value is -1.14. The molecule has 0 bridgehead atoms. The minimum Gasteiger partial charge on any atom is -0.392 e. The summed E-state index contributed by atoms with van der Waals surface area (Å²) in [6, 6.07) is 7.34. The molecular weight excluding hydrogens is 268 g/mol. The lowest BCUT2D eigenvalue weighted by Crippen LogP contribution is -2.35. The molecule has 1 atom stereocenters. The summed E-state index contributed by atoms with van der Waals surface area (Å²) in [6.07, 6.45) is 1.77. The number of nitrogens with two attached hydrogens (primary N) is 1. The van der Waals surface area contributed by atoms with Crippen molar-refractivity contribution < 1.29 is 8.42 Å². The van der Waals surface area contributed by atoms with E-state index >= 15 is 0 Å². The first kappa shape index (κ1) is 14.9. The van der Waals surface area contributed by atoms with Crippen molar-refractivity contribution in [1.29, 1.82) is 0 Å². The second-order valence-electron chi connectivity index (χ2n) is 4.10. The molecule has 0 heterocycles. The average molecular weight is 286 g/mol. The van der Waals surface area contributed by atoms with Crippen LogP contribution in [0.15, 0.2) is 24.3 Å². The fraction of sp³-hybridized carbons (Fsp3) is 0.417. The zero-order chi connectivity index (χ0) is 13.8. The highest BCUT2D eigenvalue weighted by atomic mass is 32.2. The van der Waals surface area contributed by atoms with Crippen LogP contribution in [0.2, 0.25) is 0 Å². The second kappa shape index (κ2) is 6.15. The maximum absolute atomic E-state index is 12.0. The summed E-state index contributed by atoms with van der Waals surface area (Å²) in [4.78, 5) is -0.0320. The van der Waals surface area contributed by atoms with Gasteiger partial charge in [-0.25, -0.2) is 8.42 Å². The molecule has 1 unspecified atom stereocenters. The zero-order valence-electron chi connectivity index (χ0n) is 10.5. The highest BCUT2D eigenvalue weighted by Crippen LogP contribution is 2.19. The van der Waals surface area contributed by atoms with Crippen LogP contribution in [0.3, 0.4) is 0 Å². The molecule has 0 aromatic heterocycles. The SMILES string of the molecule is CCCc1ccccc1NS(=O)(=O)C(C)C(N)=S. The van der Waals surface area contributed by atoms with E-state index in [9.17, 15) is 8.42 Å². The number of hydrogen-bond acceptors (Lipinski definition) is 3. The summed E-state index contributed by atoms with van der Waals surface area (Å²) >= 11 is 4.73. The fourth-order valence-electron chi connectivity index (χ4n) is 1.50. The molecule has 3 N–H and O–H groups in total. The minimum absolute atomic E-state index is 0.0320. The fourth-order valence-corrected chi connectivity index (χ4v) is 2.87. The summed E-state index contributed by atoms with van der Waals surface area (Å²) in [6.45, 7) is 3.52. The number of hydrogen-bond donors (Lipinski definition) is 2. The topological polar surface area (TPSA) is 72.2 Å². The summed E-state index contributed by atoms with van der Waals surface area (Å²) in [5, 5.41) is -0.887. The van der Waals surface area contributed by atoms with E-state index in [4.69, 9.17) is 18.0 Å². The van der Waals surface area contributed by atoms with Gasteiger partial charge in [-0.1, -0.05) is 43.8 Å². The molecule has 1 aromatic carbocycles. The van der Waals surface area contributed by atoms with Crippen molar-refractivity contribution in [1.82, 2.24) is 0 Å². The zero-order valence-corrected chi connectivity index (χ0v) is 12.1. The van der Waals surface area contributed by atoms with E-state index in [2.05, 4.69) is 4.72 Å². The van der Waals surface area contributed by atoms with Gasteiger partial charge in [0, 0.05) is 0 Å². The number of anilines is 1. The van der Waals surface area contributed by atoms with E-state index < -0.39 is 15.3 Å². The van der Waals surface area contributed by atoms with Crippen LogP contribution in [0.1, 0.15) is 25.8 Å². The van der Waals surface area contributed by atoms with Crippen LogP contribution in [-0.4, -0.2) is 18.7 Å². The van der Waals surface area contributed by atoms with Crippen LogP contribution in [-0.2, 0) is 16.4 Å². The van der Waals surface area contributed by atoms with Gasteiger partial charge in [-0.05, 0) is 25.0 Å². The molecule has 0 amide bonds. The van der Waals surface area contributed by atoms with E-state index in [1.54, 1.807) is 12.1 Å². The Kier molecular flexibility index (Phi) is 5.10. The highest BCUT2D eigenvalue weighted by molar-refractivity contribution is 7.95. The molecule has 0 aliphatic heterocycles. The monoisotopic (exact) mass is 286 g/mol. The Labute approximate surface area is 114 Å². The summed E-state index contributed by atoms with van der Waals surface area (Å²) in [7, 11) is -3.57. The van der Waals surface area contributed by atoms with Gasteiger partial charge in [0.05, 0.1) is 10.7 Å². The third kappa shape index (κ3) is 3.68. The molecule has 0 spiro atoms. The molecule has 0 saturated carbocycles. The predicted molar refractivity (Wildman–Crippen MR) is 79.2 cm³/mol. The molecule has 1 rings (SSSR count). The second-order valence-corrected chi connectivity index (χ2v) is 6.57. The lowest BCUT2D eigenvalue weighted by molar-refractivity contribution is 0.598. The first-order chi connectivity index (χ1) is 8.38. The number of rotatable bonds is 6. The molecule has 0 aliphatic rings. The largest absolute Gasteiger partial charge is 0.392 e. The Bertz CT molecular complexity index is 527. The Morgan fingerprint density at radius 1 is 1.44 bits per heavy atom. The molecular formula is C12H18N2O2S2. The molecule has 18 heavy (non-hydrogen) atoms. The maximum Gasteiger partial charge on any atom is 0.241 e. The van der Waals surface area contributed by atoms with Gasteiger partial charge in [0.15, 0.2) is 0 Å². The van der Waals surface area contributed by atoms with Crippen molar-refractivity contribution in [2.45, 2.75) is 31.9 Å². The smallest absolute Gasteiger partial charge is 0.241 e. The predicted octanol–water partition coefficient (Wildman–Crippen LogP) is 2.06. The van der Waals surface area contributed by atoms with Crippen LogP contribution in [0.4, 0.5) is 5.69 Å². The molecule has 0 fully saturated rings. The first-order valence-corrected chi connectivity index (χ1v) is 7.72. The summed E-state index contributed by atoms with van der Waals surface area (Å²) < 4.78 is 26.6. The van der Waals surface area contributed by atoms with Gasteiger partial charge in [-0.2, -0.15) is 0 Å². The van der Waals surface area contributed by atoms with Gasteiger partial charge in [-0.3, -0.25) is 4.72 Å². The van der Waals surface area contributed by atoms with Crippen molar-refractivity contribution in [3.63, 3.8) is 0 Å². The van der Waals surface area contributed by atoms with Crippen molar-refractivity contribution >= 4 is 32.9 Å². The minimum atomic E-state index is -3.57. The number of benzene rings is 1. The molecule has 1 aromatic rings. The lowest BCUT2D eigenvalue weighted by atomic mass is 10.1. The average Bonchev–Trinajstić information content (AvgIpc) is 2.30. The van der Waals surface area contributed by atoms with Crippen molar-refractivity contribution in [2.24, 2.45) is 5.73 Å². The van der Waals surface area contributed by atoms with Gasteiger partial charge < -0.3 is 5.73 Å². The van der Waals surface area contributed by atoms with Crippen molar-refractivity contribution in [3.8, 4) is 0 Å². The Morgan fingerprint density at radius 2 is 2.06 bits per heavy atom. The molecule has 0 saturated heterocycles. The Morgan fingerprint density at radius 3 is 2.61 bits per heavy atom. The van der Waals surface area contributed by atoms with Crippen molar-refractivity contribution in [2.75, 3.05) is 4.72 Å². The van der Waals surface area contributed by atoms with Crippen LogP contribution in [0.5, 0.6) is 0 Å². The van der Waals surface area contributed by atoms with Gasteiger partial charge in [-0.15, -0.1) is 0 Å². The molecule has 6 heteroatoms. The highest BCUT2D eigenvalue weighted by Gasteiger charge is 2.23. The van der Waals surface area contributed by atoms with Gasteiger partial charge >= 0.3 is 0 Å². The van der Waals surface area contributed by atoms with Gasteiger partial charge in [0.2, 0.25) is 10.0 Å². The van der Waals surface area contributed by atoms with Gasteiger partial charge in [0.25, 0.3) is 0 Å². The quantitative estimate of drug-likeness (QED) is 0.785. The number of thiocarbonyl (C=S) groups is 1. The van der Waals surface area contributed by atoms with Crippen molar-refractivity contribution in [3.05, 3.63) is 29.8 Å². The van der Waals surface area contributed by atoms with Crippen LogP contribution in [0.25, 0.3) is 0 Å². The lowest BCUT2D eigenvalue weighted by Gasteiger charge is -2.15. The van der Waals surface area contributed by atoms with Crippen LogP contribution >= 0.6 is 12.2 Å². The van der Waals surface area contributed by atoms with Gasteiger partial charge in [0.1, 0.15) is 5.25 Å². The summed E-state index contributed by atoms with van der Waals surface area (Å²) in [5.74, 6) is 0. The van der Waals surface area contributed by atoms with E-state index in [0.29, 0.717) is 5.69 Å². The van der Waals surface area contributed by atoms with E-state index in [-0.39, 0.29) is 4.99 Å². The third-order valence-electron chi connectivity index (χ3n) is 2.66.